The van der Waals surface area contributed by atoms with Crippen molar-refractivity contribution in [3.63, 3.8) is 0 Å². The van der Waals surface area contributed by atoms with Crippen molar-refractivity contribution < 1.29 is 4.74 Å². The maximum atomic E-state index is 5.57. The molecule has 0 aliphatic heterocycles. The van der Waals surface area contributed by atoms with Crippen molar-refractivity contribution in [1.29, 1.82) is 0 Å². The molecule has 0 radical (unpaired) electrons. The van der Waals surface area contributed by atoms with Crippen LogP contribution in [0.25, 0.3) is 0 Å². The van der Waals surface area contributed by atoms with Gasteiger partial charge in [-0.15, -0.1) is 0 Å². The van der Waals surface area contributed by atoms with E-state index in [2.05, 4.69) is 5.32 Å². The van der Waals surface area contributed by atoms with Crippen molar-refractivity contribution in [3.8, 4) is 5.75 Å². The van der Waals surface area contributed by atoms with Crippen molar-refractivity contribution >= 4 is 11.6 Å². The van der Waals surface area contributed by atoms with E-state index in [1.54, 1.807) is 12.6 Å². The number of nitrogens with one attached hydrogen (secondary N) is 1. The molecule has 15 heavy (non-hydrogen) atoms. The van der Waals surface area contributed by atoms with Crippen LogP contribution < -0.4 is 10.1 Å². The highest BCUT2D eigenvalue weighted by Gasteiger charge is 2.00. The monoisotopic (exact) mass is 225 g/mol. The number of ether oxygens (including phenoxy) is 1. The van der Waals surface area contributed by atoms with E-state index in [1.807, 2.05) is 31.2 Å². The van der Waals surface area contributed by atoms with Gasteiger partial charge in [0.1, 0.15) is 5.75 Å². The number of hydrogen-bond acceptors (Lipinski definition) is 2. The van der Waals surface area contributed by atoms with Gasteiger partial charge in [-0.1, -0.05) is 29.8 Å². The minimum absolute atomic E-state index is 0.784. The Balaban J connectivity index is 2.50. The van der Waals surface area contributed by atoms with Gasteiger partial charge in [-0.05, 0) is 18.6 Å². The van der Waals surface area contributed by atoms with Gasteiger partial charge < -0.3 is 10.1 Å². The largest absolute Gasteiger partial charge is 0.496 e. The Labute approximate surface area is 95.9 Å². The molecule has 0 aromatic heterocycles. The van der Waals surface area contributed by atoms with Gasteiger partial charge >= 0.3 is 0 Å². The smallest absolute Gasteiger partial charge is 0.123 e. The second kappa shape index (κ2) is 6.49. The Morgan fingerprint density at radius 3 is 2.87 bits per heavy atom. The van der Waals surface area contributed by atoms with E-state index in [1.165, 1.54) is 0 Å². The highest BCUT2D eigenvalue weighted by atomic mass is 35.5. The number of rotatable bonds is 5. The van der Waals surface area contributed by atoms with Gasteiger partial charge in [-0.3, -0.25) is 0 Å². The van der Waals surface area contributed by atoms with E-state index in [0.29, 0.717) is 0 Å². The molecule has 0 fully saturated rings. The van der Waals surface area contributed by atoms with E-state index < -0.39 is 0 Å². The summed E-state index contributed by atoms with van der Waals surface area (Å²) in [5, 5.41) is 3.29. The van der Waals surface area contributed by atoms with E-state index in [9.17, 15) is 0 Å². The van der Waals surface area contributed by atoms with Crippen LogP contribution in [0.4, 0.5) is 0 Å². The summed E-state index contributed by atoms with van der Waals surface area (Å²) in [7, 11) is 1.68. The summed E-state index contributed by atoms with van der Waals surface area (Å²) in [4.78, 5) is 0. The molecule has 1 aromatic rings. The van der Waals surface area contributed by atoms with Crippen LogP contribution in [0, 0.1) is 0 Å². The van der Waals surface area contributed by atoms with Crippen LogP contribution in [-0.4, -0.2) is 13.7 Å². The van der Waals surface area contributed by atoms with E-state index >= 15 is 0 Å². The van der Waals surface area contributed by atoms with Crippen molar-refractivity contribution in [1.82, 2.24) is 5.32 Å². The molecule has 0 spiro atoms. The minimum atomic E-state index is 0.784. The summed E-state index contributed by atoms with van der Waals surface area (Å²) >= 11 is 5.57. The molecule has 0 heterocycles. The lowest BCUT2D eigenvalue weighted by molar-refractivity contribution is 0.408. The summed E-state index contributed by atoms with van der Waals surface area (Å²) in [6.45, 7) is 3.57. The zero-order valence-electron chi connectivity index (χ0n) is 9.09. The second-order valence-electron chi connectivity index (χ2n) is 3.37. The minimum Gasteiger partial charge on any atom is -0.496 e. The van der Waals surface area contributed by atoms with Gasteiger partial charge in [0.05, 0.1) is 7.11 Å². The summed E-state index contributed by atoms with van der Waals surface area (Å²) in [5.74, 6) is 0.914. The lowest BCUT2D eigenvalue weighted by Crippen LogP contribution is -2.15. The van der Waals surface area contributed by atoms with Gasteiger partial charge in [-0.2, -0.15) is 0 Å². The third-order valence-corrected chi connectivity index (χ3v) is 2.47. The predicted octanol–water partition coefficient (Wildman–Crippen LogP) is 2.93. The van der Waals surface area contributed by atoms with Crippen LogP contribution in [0.15, 0.2) is 35.4 Å². The maximum absolute atomic E-state index is 5.57. The fraction of sp³-hybridized carbons (Fsp3) is 0.333. The van der Waals surface area contributed by atoms with Gasteiger partial charge in [0.15, 0.2) is 0 Å². The third-order valence-electron chi connectivity index (χ3n) is 2.10. The molecule has 0 saturated carbocycles. The molecule has 1 rings (SSSR count). The first-order valence-corrected chi connectivity index (χ1v) is 5.30. The summed E-state index contributed by atoms with van der Waals surface area (Å²) in [6.07, 6.45) is 0. The topological polar surface area (TPSA) is 21.3 Å². The lowest BCUT2D eigenvalue weighted by Gasteiger charge is -2.09. The molecule has 1 aromatic carbocycles. The number of benzene rings is 1. The number of methoxy groups -OCH3 is 1. The fourth-order valence-electron chi connectivity index (χ4n) is 1.28. The summed E-state index contributed by atoms with van der Waals surface area (Å²) in [6, 6.07) is 7.98. The molecular weight excluding hydrogens is 210 g/mol. The molecule has 1 N–H and O–H groups in total. The lowest BCUT2D eigenvalue weighted by atomic mass is 10.2. The van der Waals surface area contributed by atoms with Gasteiger partial charge in [0.25, 0.3) is 0 Å². The highest BCUT2D eigenvalue weighted by Crippen LogP contribution is 2.16. The van der Waals surface area contributed by atoms with E-state index in [-0.39, 0.29) is 0 Å². The molecular formula is C12H16ClNO. The predicted molar refractivity (Wildman–Crippen MR) is 64.3 cm³/mol. The molecule has 82 valence electrons. The number of hydrogen-bond donors (Lipinski definition) is 1. The molecule has 0 aliphatic carbocycles. The van der Waals surface area contributed by atoms with Crippen molar-refractivity contribution in [2.45, 2.75) is 13.5 Å². The van der Waals surface area contributed by atoms with Crippen LogP contribution in [0.1, 0.15) is 12.5 Å². The average molecular weight is 226 g/mol. The molecule has 0 aliphatic rings. The quantitative estimate of drug-likeness (QED) is 0.832. The fourth-order valence-corrected chi connectivity index (χ4v) is 1.36. The first-order valence-electron chi connectivity index (χ1n) is 4.86. The van der Waals surface area contributed by atoms with Gasteiger partial charge in [0.2, 0.25) is 0 Å². The molecule has 2 nitrogen and oxygen atoms in total. The van der Waals surface area contributed by atoms with E-state index in [0.717, 1.165) is 30.0 Å². The van der Waals surface area contributed by atoms with Gasteiger partial charge in [-0.25, -0.2) is 0 Å². The zero-order valence-corrected chi connectivity index (χ0v) is 9.84. The van der Waals surface area contributed by atoms with Crippen molar-refractivity contribution in [2.75, 3.05) is 13.7 Å². The molecule has 3 heteroatoms. The molecule has 0 amide bonds. The SMILES string of the molecule is COc1ccccc1CNC/C(C)=C/Cl. The number of para-hydroxylation sites is 1. The van der Waals surface area contributed by atoms with Crippen molar-refractivity contribution in [3.05, 3.63) is 40.9 Å². The van der Waals surface area contributed by atoms with Crippen LogP contribution >= 0.6 is 11.6 Å². The number of halogens is 1. The van der Waals surface area contributed by atoms with Crippen LogP contribution in [-0.2, 0) is 6.54 Å². The summed E-state index contributed by atoms with van der Waals surface area (Å²) < 4.78 is 5.25. The zero-order chi connectivity index (χ0) is 11.1. The van der Waals surface area contributed by atoms with Crippen LogP contribution in [0.5, 0.6) is 5.75 Å². The Kier molecular flexibility index (Phi) is 5.22. The third kappa shape index (κ3) is 3.94. The summed E-state index contributed by atoms with van der Waals surface area (Å²) in [5.41, 5.74) is 3.86. The second-order valence-corrected chi connectivity index (χ2v) is 3.59. The average Bonchev–Trinajstić information content (AvgIpc) is 2.29. The first-order chi connectivity index (χ1) is 7.27. The Morgan fingerprint density at radius 1 is 1.47 bits per heavy atom. The Bertz CT molecular complexity index is 336. The van der Waals surface area contributed by atoms with Crippen LogP contribution in [0.3, 0.4) is 0 Å². The molecule has 0 atom stereocenters. The van der Waals surface area contributed by atoms with E-state index in [4.69, 9.17) is 16.3 Å². The molecule has 0 saturated heterocycles. The molecule has 0 bridgehead atoms. The van der Waals surface area contributed by atoms with Crippen molar-refractivity contribution in [2.24, 2.45) is 0 Å². The standard InChI is InChI=1S/C12H16ClNO/c1-10(7-13)8-14-9-11-5-3-4-6-12(11)15-2/h3-7,14H,8-9H2,1-2H3/b10-7+. The normalized spacial score (nSPS) is 11.5. The Hall–Kier alpha value is -0.990. The Morgan fingerprint density at radius 2 is 2.20 bits per heavy atom. The van der Waals surface area contributed by atoms with Gasteiger partial charge in [0, 0.05) is 24.2 Å². The molecule has 0 unspecified atom stereocenters. The highest BCUT2D eigenvalue weighted by molar-refractivity contribution is 6.25. The maximum Gasteiger partial charge on any atom is 0.123 e. The van der Waals surface area contributed by atoms with Crippen LogP contribution in [0.2, 0.25) is 0 Å². The first kappa shape index (κ1) is 12.1.